The third-order valence-corrected chi connectivity index (χ3v) is 2.21. The molecule has 0 aromatic rings. The first-order valence-corrected chi connectivity index (χ1v) is 5.91. The molecule has 0 aliphatic rings. The largest absolute Gasteiger partial charge is 0.480 e. The average molecular weight is 249 g/mol. The summed E-state index contributed by atoms with van der Waals surface area (Å²) in [5.74, 6) is -1.35. The normalized spacial score (nSPS) is 11.6. The molecule has 0 spiro atoms. The van der Waals surface area contributed by atoms with Crippen molar-refractivity contribution in [3.05, 3.63) is 0 Å². The van der Waals surface area contributed by atoms with Gasteiger partial charge in [-0.05, 0) is 6.26 Å². The van der Waals surface area contributed by atoms with E-state index in [0.29, 0.717) is 6.54 Å². The van der Waals surface area contributed by atoms with E-state index < -0.39 is 30.4 Å². The number of hydrogen-bond donors (Lipinski definition) is 4. The van der Waals surface area contributed by atoms with Crippen LogP contribution in [-0.4, -0.2) is 47.6 Å². The number of aliphatic carboxylic acids is 1. The van der Waals surface area contributed by atoms with Crippen LogP contribution < -0.4 is 16.4 Å². The van der Waals surface area contributed by atoms with Crippen molar-refractivity contribution in [1.82, 2.24) is 10.6 Å². The molecule has 0 aliphatic carbocycles. The van der Waals surface area contributed by atoms with Gasteiger partial charge in [-0.3, -0.25) is 4.79 Å². The van der Waals surface area contributed by atoms with Crippen molar-refractivity contribution in [3.63, 3.8) is 0 Å². The summed E-state index contributed by atoms with van der Waals surface area (Å²) < 4.78 is 0. The van der Waals surface area contributed by atoms with Gasteiger partial charge in [-0.25, -0.2) is 9.59 Å². The summed E-state index contributed by atoms with van der Waals surface area (Å²) in [6.45, 7) is 0.426. The fraction of sp³-hybridized carbons (Fsp3) is 0.625. The molecular weight excluding hydrogens is 234 g/mol. The van der Waals surface area contributed by atoms with Crippen molar-refractivity contribution < 1.29 is 19.5 Å². The molecule has 0 aromatic heterocycles. The number of amides is 3. The summed E-state index contributed by atoms with van der Waals surface area (Å²) in [6.07, 6.45) is 1.46. The van der Waals surface area contributed by atoms with E-state index in [-0.39, 0.29) is 0 Å². The number of carbonyl (C=O) groups excluding carboxylic acids is 2. The molecule has 7 nitrogen and oxygen atoms in total. The molecule has 0 heterocycles. The summed E-state index contributed by atoms with van der Waals surface area (Å²) in [7, 11) is 0. The van der Waals surface area contributed by atoms with Crippen molar-refractivity contribution >= 4 is 29.7 Å². The predicted molar refractivity (Wildman–Crippen MR) is 60.2 cm³/mol. The van der Waals surface area contributed by atoms with E-state index in [2.05, 4.69) is 10.6 Å². The summed E-state index contributed by atoms with van der Waals surface area (Å²) in [4.78, 5) is 32.4. The Bertz CT molecular complexity index is 272. The zero-order valence-electron chi connectivity index (χ0n) is 8.86. The lowest BCUT2D eigenvalue weighted by Crippen LogP contribution is -2.48. The third kappa shape index (κ3) is 6.93. The van der Waals surface area contributed by atoms with Gasteiger partial charge < -0.3 is 21.5 Å². The fourth-order valence-electron chi connectivity index (χ4n) is 0.877. The Balaban J connectivity index is 4.03. The Morgan fingerprint density at radius 1 is 1.44 bits per heavy atom. The minimum Gasteiger partial charge on any atom is -0.480 e. The molecule has 0 saturated carbocycles. The van der Waals surface area contributed by atoms with Gasteiger partial charge in [0.05, 0.1) is 6.42 Å². The predicted octanol–water partition coefficient (Wildman–Crippen LogP) is -1.02. The van der Waals surface area contributed by atoms with E-state index in [4.69, 9.17) is 10.8 Å². The van der Waals surface area contributed by atoms with Gasteiger partial charge >= 0.3 is 12.0 Å². The lowest BCUT2D eigenvalue weighted by atomic mass is 10.2. The van der Waals surface area contributed by atoms with Gasteiger partial charge in [-0.15, -0.1) is 0 Å². The highest BCUT2D eigenvalue weighted by Crippen LogP contribution is 1.92. The number of carboxylic acid groups (broad SMARTS) is 1. The molecule has 5 N–H and O–H groups in total. The number of thioether (sulfide) groups is 1. The molecule has 92 valence electrons. The Hall–Kier alpha value is -1.44. The maximum Gasteiger partial charge on any atom is 0.326 e. The van der Waals surface area contributed by atoms with Crippen LogP contribution in [0, 0.1) is 0 Å². The Kier molecular flexibility index (Phi) is 7.10. The Labute approximate surface area is 97.1 Å². The van der Waals surface area contributed by atoms with Crippen LogP contribution in [0.4, 0.5) is 4.79 Å². The number of carbonyl (C=O) groups is 3. The molecule has 16 heavy (non-hydrogen) atoms. The minimum atomic E-state index is -1.29. The van der Waals surface area contributed by atoms with E-state index in [1.807, 2.05) is 6.26 Å². The van der Waals surface area contributed by atoms with Gasteiger partial charge in [-0.2, -0.15) is 11.8 Å². The number of nitrogens with one attached hydrogen (secondary N) is 2. The fourth-order valence-corrected chi connectivity index (χ4v) is 1.18. The zero-order chi connectivity index (χ0) is 12.6. The van der Waals surface area contributed by atoms with E-state index in [1.165, 1.54) is 0 Å². The highest BCUT2D eigenvalue weighted by molar-refractivity contribution is 7.98. The SMILES string of the molecule is CSCCNC(=O)NC(CC(N)=O)C(=O)O. The Morgan fingerprint density at radius 3 is 2.50 bits per heavy atom. The van der Waals surface area contributed by atoms with Gasteiger partial charge in [0.1, 0.15) is 6.04 Å². The smallest absolute Gasteiger partial charge is 0.326 e. The van der Waals surface area contributed by atoms with Crippen LogP contribution in [0.3, 0.4) is 0 Å². The molecule has 0 aromatic carbocycles. The molecular formula is C8H15N3O4S. The number of nitrogens with two attached hydrogens (primary N) is 1. The van der Waals surface area contributed by atoms with Crippen LogP contribution in [0.5, 0.6) is 0 Å². The summed E-state index contributed by atoms with van der Waals surface area (Å²) in [5.41, 5.74) is 4.85. The third-order valence-electron chi connectivity index (χ3n) is 1.60. The highest BCUT2D eigenvalue weighted by Gasteiger charge is 2.21. The van der Waals surface area contributed by atoms with Crippen LogP contribution >= 0.6 is 11.8 Å². The molecule has 0 saturated heterocycles. The van der Waals surface area contributed by atoms with Gasteiger partial charge in [0.15, 0.2) is 0 Å². The van der Waals surface area contributed by atoms with Crippen molar-refractivity contribution in [2.24, 2.45) is 5.73 Å². The summed E-state index contributed by atoms with van der Waals surface area (Å²) in [6, 6.07) is -1.91. The lowest BCUT2D eigenvalue weighted by molar-refractivity contribution is -0.140. The quantitative estimate of drug-likeness (QED) is 0.430. The van der Waals surface area contributed by atoms with Crippen molar-refractivity contribution in [3.8, 4) is 0 Å². The van der Waals surface area contributed by atoms with Gasteiger partial charge in [0.25, 0.3) is 0 Å². The van der Waals surface area contributed by atoms with Crippen LogP contribution in [-0.2, 0) is 9.59 Å². The van der Waals surface area contributed by atoms with Crippen molar-refractivity contribution in [2.45, 2.75) is 12.5 Å². The highest BCUT2D eigenvalue weighted by atomic mass is 32.2. The molecule has 0 fully saturated rings. The average Bonchev–Trinajstić information content (AvgIpc) is 2.16. The number of hydrogen-bond acceptors (Lipinski definition) is 4. The first kappa shape index (κ1) is 14.6. The second-order valence-electron chi connectivity index (χ2n) is 2.95. The van der Waals surface area contributed by atoms with E-state index in [1.54, 1.807) is 11.8 Å². The second-order valence-corrected chi connectivity index (χ2v) is 3.94. The summed E-state index contributed by atoms with van der Waals surface area (Å²) in [5, 5.41) is 13.3. The molecule has 3 amide bonds. The molecule has 0 rings (SSSR count). The van der Waals surface area contributed by atoms with E-state index in [0.717, 1.165) is 5.75 Å². The standard InChI is InChI=1S/C8H15N3O4S/c1-16-3-2-10-8(15)11-5(7(13)14)4-6(9)12/h5H,2-4H2,1H3,(H2,9,12)(H,13,14)(H2,10,11,15). The van der Waals surface area contributed by atoms with Crippen molar-refractivity contribution in [2.75, 3.05) is 18.6 Å². The Morgan fingerprint density at radius 2 is 2.06 bits per heavy atom. The number of rotatable bonds is 7. The van der Waals surface area contributed by atoms with Crippen LogP contribution in [0.25, 0.3) is 0 Å². The van der Waals surface area contributed by atoms with Crippen LogP contribution in [0.1, 0.15) is 6.42 Å². The second kappa shape index (κ2) is 7.80. The molecule has 0 radical (unpaired) electrons. The molecule has 0 bridgehead atoms. The molecule has 8 heteroatoms. The number of primary amides is 1. The van der Waals surface area contributed by atoms with Crippen LogP contribution in [0.2, 0.25) is 0 Å². The summed E-state index contributed by atoms with van der Waals surface area (Å²) >= 11 is 1.55. The van der Waals surface area contributed by atoms with E-state index >= 15 is 0 Å². The number of carboxylic acids is 1. The van der Waals surface area contributed by atoms with E-state index in [9.17, 15) is 14.4 Å². The van der Waals surface area contributed by atoms with Crippen molar-refractivity contribution in [1.29, 1.82) is 0 Å². The number of urea groups is 1. The van der Waals surface area contributed by atoms with Gasteiger partial charge in [0.2, 0.25) is 5.91 Å². The lowest BCUT2D eigenvalue weighted by Gasteiger charge is -2.13. The molecule has 1 atom stereocenters. The zero-order valence-corrected chi connectivity index (χ0v) is 9.67. The van der Waals surface area contributed by atoms with Crippen LogP contribution in [0.15, 0.2) is 0 Å². The molecule has 1 unspecified atom stereocenters. The minimum absolute atomic E-state index is 0.425. The maximum atomic E-state index is 11.2. The first-order chi connectivity index (χ1) is 7.47. The molecule has 0 aliphatic heterocycles. The first-order valence-electron chi connectivity index (χ1n) is 4.51. The topological polar surface area (TPSA) is 122 Å². The van der Waals surface area contributed by atoms with Gasteiger partial charge in [-0.1, -0.05) is 0 Å². The maximum absolute atomic E-state index is 11.2. The monoisotopic (exact) mass is 249 g/mol. The van der Waals surface area contributed by atoms with Gasteiger partial charge in [0, 0.05) is 12.3 Å².